The normalized spacial score (nSPS) is 13.8. The summed E-state index contributed by atoms with van der Waals surface area (Å²) in [7, 11) is 0. The number of alkyl carbamates (subject to hydrolysis) is 1. The van der Waals surface area contributed by atoms with Gasteiger partial charge < -0.3 is 14.8 Å². The van der Waals surface area contributed by atoms with E-state index in [2.05, 4.69) is 10.6 Å². The number of rotatable bonds is 6. The molecule has 0 heterocycles. The van der Waals surface area contributed by atoms with E-state index in [1.54, 1.807) is 52.0 Å². The number of benzene rings is 1. The molecule has 0 fully saturated rings. The largest absolute Gasteiger partial charge is 0.458 e. The fraction of sp³-hybridized carbons (Fsp3) is 0.556. The van der Waals surface area contributed by atoms with Gasteiger partial charge in [0.25, 0.3) is 11.6 Å². The van der Waals surface area contributed by atoms with E-state index in [0.717, 1.165) is 0 Å². The standard InChI is InChI=1S/C18H27ClN2O4/c1-7-18(15(22)20-12(2)3,21-16(23)25-17(4,5)6)24-14-10-8-13(19)9-11-14/h8-12H,7H2,1-6H3,(H,20,22)(H,21,23)/t18-/m0/s1. The molecule has 0 spiro atoms. The SMILES string of the molecule is CC[C@](NC(=O)OC(C)(C)C)(Oc1ccc(Cl)cc1)C(=O)NC(C)C. The van der Waals surface area contributed by atoms with Crippen molar-refractivity contribution >= 4 is 23.6 Å². The Morgan fingerprint density at radius 3 is 2.16 bits per heavy atom. The molecule has 1 atom stereocenters. The number of ether oxygens (including phenoxy) is 2. The Morgan fingerprint density at radius 1 is 1.16 bits per heavy atom. The third-order valence-corrected chi connectivity index (χ3v) is 3.35. The van der Waals surface area contributed by atoms with Crippen molar-refractivity contribution in [1.29, 1.82) is 0 Å². The molecule has 0 aliphatic rings. The predicted octanol–water partition coefficient (Wildman–Crippen LogP) is 3.87. The van der Waals surface area contributed by atoms with Gasteiger partial charge in [-0.15, -0.1) is 0 Å². The molecule has 1 aromatic rings. The molecule has 140 valence electrons. The number of halogens is 1. The second kappa shape index (κ2) is 8.43. The first-order valence-corrected chi connectivity index (χ1v) is 8.62. The highest BCUT2D eigenvalue weighted by atomic mass is 35.5. The van der Waals surface area contributed by atoms with Crippen LogP contribution in [0.1, 0.15) is 48.0 Å². The van der Waals surface area contributed by atoms with Crippen molar-refractivity contribution < 1.29 is 19.1 Å². The predicted molar refractivity (Wildman–Crippen MR) is 97.8 cm³/mol. The fourth-order valence-electron chi connectivity index (χ4n) is 2.00. The summed E-state index contributed by atoms with van der Waals surface area (Å²) in [6, 6.07) is 6.43. The van der Waals surface area contributed by atoms with Crippen LogP contribution in [0.4, 0.5) is 4.79 Å². The van der Waals surface area contributed by atoms with Crippen LogP contribution >= 0.6 is 11.6 Å². The number of nitrogens with one attached hydrogen (secondary N) is 2. The van der Waals surface area contributed by atoms with Gasteiger partial charge in [0, 0.05) is 17.5 Å². The molecule has 0 radical (unpaired) electrons. The molecule has 1 rings (SSSR count). The summed E-state index contributed by atoms with van der Waals surface area (Å²) in [6.45, 7) is 10.6. The summed E-state index contributed by atoms with van der Waals surface area (Å²) in [5.41, 5.74) is -2.29. The molecular weight excluding hydrogens is 344 g/mol. The van der Waals surface area contributed by atoms with Gasteiger partial charge in [0.05, 0.1) is 0 Å². The minimum Gasteiger partial charge on any atom is -0.458 e. The van der Waals surface area contributed by atoms with Crippen LogP contribution in [-0.4, -0.2) is 29.4 Å². The Kier molecular flexibility index (Phi) is 7.11. The summed E-state index contributed by atoms with van der Waals surface area (Å²) in [6.07, 6.45) is -0.532. The van der Waals surface area contributed by atoms with Crippen molar-refractivity contribution in [2.75, 3.05) is 0 Å². The maximum atomic E-state index is 12.7. The molecular formula is C18H27ClN2O4. The lowest BCUT2D eigenvalue weighted by atomic mass is 10.1. The fourth-order valence-corrected chi connectivity index (χ4v) is 2.13. The van der Waals surface area contributed by atoms with E-state index in [1.165, 1.54) is 0 Å². The van der Waals surface area contributed by atoms with E-state index < -0.39 is 23.3 Å². The number of hydrogen-bond donors (Lipinski definition) is 2. The molecule has 0 saturated carbocycles. The first kappa shape index (κ1) is 21.1. The second-order valence-corrected chi connectivity index (χ2v) is 7.43. The summed E-state index contributed by atoms with van der Waals surface area (Å²) >= 11 is 5.88. The Morgan fingerprint density at radius 2 is 1.72 bits per heavy atom. The van der Waals surface area contributed by atoms with Crippen LogP contribution in [0.3, 0.4) is 0 Å². The van der Waals surface area contributed by atoms with E-state index in [9.17, 15) is 9.59 Å². The lowest BCUT2D eigenvalue weighted by Gasteiger charge is -2.34. The van der Waals surface area contributed by atoms with Gasteiger partial charge in [0.1, 0.15) is 11.4 Å². The van der Waals surface area contributed by atoms with Crippen molar-refractivity contribution in [1.82, 2.24) is 10.6 Å². The molecule has 25 heavy (non-hydrogen) atoms. The van der Waals surface area contributed by atoms with E-state index in [-0.39, 0.29) is 12.5 Å². The number of amides is 2. The molecule has 0 aliphatic carbocycles. The van der Waals surface area contributed by atoms with E-state index in [4.69, 9.17) is 21.1 Å². The van der Waals surface area contributed by atoms with Crippen molar-refractivity contribution in [3.05, 3.63) is 29.3 Å². The molecule has 0 aliphatic heterocycles. The second-order valence-electron chi connectivity index (χ2n) is 6.99. The Bertz CT molecular complexity index is 596. The average Bonchev–Trinajstić information content (AvgIpc) is 2.46. The summed E-state index contributed by atoms with van der Waals surface area (Å²) < 4.78 is 11.1. The van der Waals surface area contributed by atoms with Crippen molar-refractivity contribution in [2.45, 2.75) is 65.3 Å². The minimum absolute atomic E-state index is 0.118. The summed E-state index contributed by atoms with van der Waals surface area (Å²) in [5, 5.41) is 5.89. The highest BCUT2D eigenvalue weighted by Crippen LogP contribution is 2.23. The maximum Gasteiger partial charge on any atom is 0.411 e. The average molecular weight is 371 g/mol. The lowest BCUT2D eigenvalue weighted by Crippen LogP contribution is -2.63. The van der Waals surface area contributed by atoms with E-state index in [1.807, 2.05) is 13.8 Å². The number of hydrogen-bond acceptors (Lipinski definition) is 4. The first-order chi connectivity index (χ1) is 11.5. The summed E-state index contributed by atoms with van der Waals surface area (Å²) in [5.74, 6) is -0.0491. The molecule has 7 heteroatoms. The van der Waals surface area contributed by atoms with Crippen LogP contribution in [0.15, 0.2) is 24.3 Å². The monoisotopic (exact) mass is 370 g/mol. The molecule has 0 bridgehead atoms. The van der Waals surface area contributed by atoms with Gasteiger partial charge in [0.15, 0.2) is 0 Å². The quantitative estimate of drug-likeness (QED) is 0.745. The zero-order valence-electron chi connectivity index (χ0n) is 15.6. The van der Waals surface area contributed by atoms with E-state index >= 15 is 0 Å². The topological polar surface area (TPSA) is 76.7 Å². The lowest BCUT2D eigenvalue weighted by molar-refractivity contribution is -0.140. The molecule has 2 amide bonds. The summed E-state index contributed by atoms with van der Waals surface area (Å²) in [4.78, 5) is 25.0. The Labute approximate surface area is 154 Å². The molecule has 0 aromatic heterocycles. The minimum atomic E-state index is -1.60. The third-order valence-electron chi connectivity index (χ3n) is 3.09. The first-order valence-electron chi connectivity index (χ1n) is 8.24. The molecule has 2 N–H and O–H groups in total. The zero-order chi connectivity index (χ0) is 19.3. The highest BCUT2D eigenvalue weighted by molar-refractivity contribution is 6.30. The van der Waals surface area contributed by atoms with Crippen LogP contribution in [0, 0.1) is 0 Å². The smallest absolute Gasteiger partial charge is 0.411 e. The van der Waals surface area contributed by atoms with Gasteiger partial charge in [-0.3, -0.25) is 10.1 Å². The van der Waals surface area contributed by atoms with Gasteiger partial charge >= 0.3 is 6.09 Å². The van der Waals surface area contributed by atoms with Crippen LogP contribution in [-0.2, 0) is 9.53 Å². The maximum absolute atomic E-state index is 12.7. The van der Waals surface area contributed by atoms with Crippen LogP contribution in [0.5, 0.6) is 5.75 Å². The van der Waals surface area contributed by atoms with Crippen molar-refractivity contribution in [3.63, 3.8) is 0 Å². The number of carbonyl (C=O) groups is 2. The molecule has 0 saturated heterocycles. The van der Waals surface area contributed by atoms with E-state index in [0.29, 0.717) is 10.8 Å². The molecule has 0 unspecified atom stereocenters. The van der Waals surface area contributed by atoms with Gasteiger partial charge in [0.2, 0.25) is 0 Å². The van der Waals surface area contributed by atoms with Crippen molar-refractivity contribution in [3.8, 4) is 5.75 Å². The Hall–Kier alpha value is -1.95. The molecule has 1 aromatic carbocycles. The van der Waals surface area contributed by atoms with Gasteiger partial charge in [-0.05, 0) is 58.9 Å². The molecule has 6 nitrogen and oxygen atoms in total. The third kappa shape index (κ3) is 6.82. The van der Waals surface area contributed by atoms with Gasteiger partial charge in [-0.1, -0.05) is 18.5 Å². The van der Waals surface area contributed by atoms with Gasteiger partial charge in [-0.25, -0.2) is 4.79 Å². The van der Waals surface area contributed by atoms with Gasteiger partial charge in [-0.2, -0.15) is 0 Å². The number of carbonyl (C=O) groups excluding carboxylic acids is 2. The van der Waals surface area contributed by atoms with Crippen LogP contribution in [0.2, 0.25) is 5.02 Å². The van der Waals surface area contributed by atoms with Crippen LogP contribution in [0.25, 0.3) is 0 Å². The van der Waals surface area contributed by atoms with Crippen LogP contribution < -0.4 is 15.4 Å². The zero-order valence-corrected chi connectivity index (χ0v) is 16.4. The van der Waals surface area contributed by atoms with Crippen molar-refractivity contribution in [2.24, 2.45) is 0 Å². The highest BCUT2D eigenvalue weighted by Gasteiger charge is 2.42. The Balaban J connectivity index is 3.11.